The predicted octanol–water partition coefficient (Wildman–Crippen LogP) is 2.18. The number of carbonyl (C=O) groups excluding carboxylic acids is 2. The standard InChI is InChI=1S/C15H25FN2O2/c1-3-14(2)12(19)17-15(8-5-4-6-9-15)13(20)18(14)11-7-10-16/h3-11H2,1-2H3,(H,17,19). The molecule has 1 unspecified atom stereocenters. The number of piperazine rings is 1. The normalized spacial score (nSPS) is 29.6. The summed E-state index contributed by atoms with van der Waals surface area (Å²) in [5, 5.41) is 3.01. The maximum atomic E-state index is 12.9. The first-order chi connectivity index (χ1) is 9.50. The van der Waals surface area contributed by atoms with E-state index in [1.165, 1.54) is 0 Å². The van der Waals surface area contributed by atoms with E-state index in [9.17, 15) is 14.0 Å². The molecule has 2 amide bonds. The van der Waals surface area contributed by atoms with Crippen molar-refractivity contribution in [3.63, 3.8) is 0 Å². The summed E-state index contributed by atoms with van der Waals surface area (Å²) in [5.74, 6) is -0.0880. The zero-order valence-corrected chi connectivity index (χ0v) is 12.5. The lowest BCUT2D eigenvalue weighted by molar-refractivity contribution is -0.164. The molecule has 114 valence electrons. The van der Waals surface area contributed by atoms with Crippen LogP contribution < -0.4 is 5.32 Å². The number of nitrogens with one attached hydrogen (secondary N) is 1. The maximum absolute atomic E-state index is 12.9. The largest absolute Gasteiger partial charge is 0.340 e. The third-order valence-corrected chi connectivity index (χ3v) is 5.00. The Morgan fingerprint density at radius 1 is 1.25 bits per heavy atom. The molecule has 20 heavy (non-hydrogen) atoms. The highest BCUT2D eigenvalue weighted by molar-refractivity contribution is 6.02. The molecular formula is C15H25FN2O2. The fourth-order valence-corrected chi connectivity index (χ4v) is 3.42. The van der Waals surface area contributed by atoms with Crippen molar-refractivity contribution in [2.45, 2.75) is 69.9 Å². The highest BCUT2D eigenvalue weighted by Gasteiger charge is 2.55. The molecule has 0 aromatic heterocycles. The van der Waals surface area contributed by atoms with Crippen molar-refractivity contribution in [1.82, 2.24) is 10.2 Å². The Kier molecular flexibility index (Phi) is 4.35. The molecule has 1 saturated heterocycles. The van der Waals surface area contributed by atoms with E-state index < -0.39 is 17.8 Å². The molecule has 1 spiro atoms. The average molecular weight is 284 g/mol. The van der Waals surface area contributed by atoms with Crippen LogP contribution in [0.15, 0.2) is 0 Å². The van der Waals surface area contributed by atoms with E-state index in [0.29, 0.717) is 32.2 Å². The first kappa shape index (κ1) is 15.3. The third-order valence-electron chi connectivity index (χ3n) is 5.00. The molecule has 0 radical (unpaired) electrons. The van der Waals surface area contributed by atoms with Crippen molar-refractivity contribution < 1.29 is 14.0 Å². The second-order valence-corrected chi connectivity index (χ2v) is 6.22. The molecule has 1 atom stereocenters. The average Bonchev–Trinajstić information content (AvgIpc) is 2.46. The summed E-state index contributed by atoms with van der Waals surface area (Å²) in [6.45, 7) is 3.55. The minimum absolute atomic E-state index is 0.00500. The van der Waals surface area contributed by atoms with Crippen LogP contribution in [0.2, 0.25) is 0 Å². The number of nitrogens with zero attached hydrogens (tertiary/aromatic N) is 1. The van der Waals surface area contributed by atoms with Crippen LogP contribution >= 0.6 is 0 Å². The Bertz CT molecular complexity index is 393. The monoisotopic (exact) mass is 284 g/mol. The minimum Gasteiger partial charge on any atom is -0.340 e. The fourth-order valence-electron chi connectivity index (χ4n) is 3.42. The molecule has 0 bridgehead atoms. The lowest BCUT2D eigenvalue weighted by Crippen LogP contribution is -2.75. The van der Waals surface area contributed by atoms with Gasteiger partial charge in [0.2, 0.25) is 11.8 Å². The molecule has 1 heterocycles. The van der Waals surface area contributed by atoms with Crippen LogP contribution in [0.5, 0.6) is 0 Å². The second kappa shape index (κ2) is 5.70. The molecule has 5 heteroatoms. The van der Waals surface area contributed by atoms with E-state index in [1.54, 1.807) is 11.8 Å². The van der Waals surface area contributed by atoms with E-state index in [2.05, 4.69) is 5.32 Å². The topological polar surface area (TPSA) is 49.4 Å². The summed E-state index contributed by atoms with van der Waals surface area (Å²) in [6.07, 6.45) is 5.31. The fraction of sp³-hybridized carbons (Fsp3) is 0.867. The summed E-state index contributed by atoms with van der Waals surface area (Å²) < 4.78 is 12.5. The molecule has 1 aliphatic heterocycles. The van der Waals surface area contributed by atoms with Crippen molar-refractivity contribution in [3.05, 3.63) is 0 Å². The van der Waals surface area contributed by atoms with Crippen LogP contribution in [0.25, 0.3) is 0 Å². The van der Waals surface area contributed by atoms with Crippen LogP contribution in [0, 0.1) is 0 Å². The van der Waals surface area contributed by atoms with Crippen molar-refractivity contribution in [2.24, 2.45) is 0 Å². The third kappa shape index (κ3) is 2.31. The zero-order valence-electron chi connectivity index (χ0n) is 12.5. The summed E-state index contributed by atoms with van der Waals surface area (Å²) in [5.41, 5.74) is -1.56. The molecule has 1 saturated carbocycles. The van der Waals surface area contributed by atoms with Crippen molar-refractivity contribution in [2.75, 3.05) is 13.2 Å². The Hall–Kier alpha value is -1.13. The van der Waals surface area contributed by atoms with Crippen LogP contribution in [0.3, 0.4) is 0 Å². The van der Waals surface area contributed by atoms with E-state index >= 15 is 0 Å². The Labute approximate surface area is 120 Å². The van der Waals surface area contributed by atoms with Gasteiger partial charge in [-0.1, -0.05) is 26.2 Å². The van der Waals surface area contributed by atoms with Gasteiger partial charge in [0.1, 0.15) is 11.1 Å². The number of amides is 2. The van der Waals surface area contributed by atoms with Crippen LogP contribution in [-0.2, 0) is 9.59 Å². The molecule has 2 aliphatic rings. The summed E-state index contributed by atoms with van der Waals surface area (Å²) in [4.78, 5) is 27.1. The maximum Gasteiger partial charge on any atom is 0.249 e. The van der Waals surface area contributed by atoms with Crippen LogP contribution in [-0.4, -0.2) is 41.0 Å². The first-order valence-corrected chi connectivity index (χ1v) is 7.71. The molecule has 4 nitrogen and oxygen atoms in total. The Balaban J connectivity index is 2.30. The van der Waals surface area contributed by atoms with E-state index in [0.717, 1.165) is 19.3 Å². The lowest BCUT2D eigenvalue weighted by Gasteiger charge is -2.52. The number of carbonyl (C=O) groups is 2. The quantitative estimate of drug-likeness (QED) is 0.860. The van der Waals surface area contributed by atoms with Gasteiger partial charge in [0.15, 0.2) is 0 Å². The van der Waals surface area contributed by atoms with E-state index in [1.807, 2.05) is 6.92 Å². The highest BCUT2D eigenvalue weighted by Crippen LogP contribution is 2.37. The predicted molar refractivity (Wildman–Crippen MR) is 75.0 cm³/mol. The van der Waals surface area contributed by atoms with Gasteiger partial charge in [0.25, 0.3) is 0 Å². The summed E-state index contributed by atoms with van der Waals surface area (Å²) in [7, 11) is 0. The molecule has 1 aliphatic carbocycles. The zero-order chi connectivity index (χ0) is 14.8. The van der Waals surface area contributed by atoms with Gasteiger partial charge in [-0.05, 0) is 32.6 Å². The van der Waals surface area contributed by atoms with Gasteiger partial charge in [-0.2, -0.15) is 0 Å². The molecule has 0 aromatic carbocycles. The van der Waals surface area contributed by atoms with Gasteiger partial charge in [-0.15, -0.1) is 0 Å². The molecule has 2 fully saturated rings. The smallest absolute Gasteiger partial charge is 0.249 e. The van der Waals surface area contributed by atoms with Gasteiger partial charge in [0.05, 0.1) is 6.67 Å². The van der Waals surface area contributed by atoms with Crippen molar-refractivity contribution in [3.8, 4) is 0 Å². The van der Waals surface area contributed by atoms with E-state index in [4.69, 9.17) is 0 Å². The van der Waals surface area contributed by atoms with Crippen LogP contribution in [0.1, 0.15) is 58.8 Å². The summed E-state index contributed by atoms with van der Waals surface area (Å²) in [6, 6.07) is 0. The van der Waals surface area contributed by atoms with Crippen molar-refractivity contribution >= 4 is 11.8 Å². The van der Waals surface area contributed by atoms with Crippen LogP contribution in [0.4, 0.5) is 4.39 Å². The van der Waals surface area contributed by atoms with Gasteiger partial charge >= 0.3 is 0 Å². The highest BCUT2D eigenvalue weighted by atomic mass is 19.1. The molecule has 2 rings (SSSR count). The number of hydrogen-bond acceptors (Lipinski definition) is 2. The Morgan fingerprint density at radius 2 is 1.90 bits per heavy atom. The Morgan fingerprint density at radius 3 is 2.45 bits per heavy atom. The number of halogens is 1. The molecule has 0 aromatic rings. The number of hydrogen-bond donors (Lipinski definition) is 1. The second-order valence-electron chi connectivity index (χ2n) is 6.22. The molecular weight excluding hydrogens is 259 g/mol. The van der Waals surface area contributed by atoms with Gasteiger partial charge in [-0.25, -0.2) is 0 Å². The van der Waals surface area contributed by atoms with Gasteiger partial charge in [-0.3, -0.25) is 14.0 Å². The van der Waals surface area contributed by atoms with E-state index in [-0.39, 0.29) is 11.8 Å². The summed E-state index contributed by atoms with van der Waals surface area (Å²) >= 11 is 0. The van der Waals surface area contributed by atoms with Crippen molar-refractivity contribution in [1.29, 1.82) is 0 Å². The lowest BCUT2D eigenvalue weighted by atomic mass is 9.75. The SMILES string of the molecule is CCC1(C)C(=O)NC2(CCCCC2)C(=O)N1CCCF. The number of rotatable bonds is 4. The first-order valence-electron chi connectivity index (χ1n) is 7.71. The minimum atomic E-state index is -0.838. The molecule has 1 N–H and O–H groups in total. The van der Waals surface area contributed by atoms with Gasteiger partial charge < -0.3 is 10.2 Å². The van der Waals surface area contributed by atoms with Gasteiger partial charge in [0, 0.05) is 6.54 Å². The number of alkyl halides is 1.